The van der Waals surface area contributed by atoms with Crippen molar-refractivity contribution in [1.29, 1.82) is 0 Å². The average Bonchev–Trinajstić information content (AvgIpc) is 2.50. The molecule has 5 heteroatoms. The summed E-state index contributed by atoms with van der Waals surface area (Å²) in [4.78, 5) is 32.2. The zero-order chi connectivity index (χ0) is 15.8. The standard InChI is InChI=1S/C17H16O5/c1-20-22-17(19)12-14-9-5-6-10-15(14)21-16(18)11-13-7-3-2-4-8-13/h2-10H,11-12H2,1H3. The molecule has 2 aromatic rings. The predicted molar refractivity (Wildman–Crippen MR) is 79.0 cm³/mol. The minimum absolute atomic E-state index is 0.0391. The van der Waals surface area contributed by atoms with Gasteiger partial charge in [-0.1, -0.05) is 48.5 Å². The van der Waals surface area contributed by atoms with Gasteiger partial charge < -0.3 is 4.74 Å². The summed E-state index contributed by atoms with van der Waals surface area (Å²) in [5, 5.41) is 0. The van der Waals surface area contributed by atoms with Crippen LogP contribution in [-0.2, 0) is 32.2 Å². The molecule has 0 heterocycles. The third-order valence-electron chi connectivity index (χ3n) is 2.90. The number of benzene rings is 2. The minimum atomic E-state index is -0.561. The van der Waals surface area contributed by atoms with Crippen molar-refractivity contribution < 1.29 is 24.1 Å². The lowest BCUT2D eigenvalue weighted by Gasteiger charge is -2.09. The number of rotatable bonds is 6. The van der Waals surface area contributed by atoms with Crippen molar-refractivity contribution in [2.24, 2.45) is 0 Å². The molecule has 114 valence electrons. The van der Waals surface area contributed by atoms with Crippen molar-refractivity contribution in [3.8, 4) is 5.75 Å². The smallest absolute Gasteiger partial charge is 0.346 e. The Balaban J connectivity index is 2.03. The molecular formula is C17H16O5. The maximum atomic E-state index is 12.0. The van der Waals surface area contributed by atoms with Crippen LogP contribution in [0.2, 0.25) is 0 Å². The fraction of sp³-hybridized carbons (Fsp3) is 0.176. The Morgan fingerprint density at radius 3 is 2.27 bits per heavy atom. The molecule has 0 saturated carbocycles. The van der Waals surface area contributed by atoms with Crippen LogP contribution in [0.1, 0.15) is 11.1 Å². The molecule has 0 aliphatic heterocycles. The second-order valence-corrected chi connectivity index (χ2v) is 4.54. The molecule has 0 fully saturated rings. The maximum Gasteiger partial charge on any atom is 0.346 e. The van der Waals surface area contributed by atoms with Gasteiger partial charge in [0.1, 0.15) is 5.75 Å². The Bertz CT molecular complexity index is 637. The topological polar surface area (TPSA) is 61.8 Å². The number of carbonyl (C=O) groups excluding carboxylic acids is 2. The highest BCUT2D eigenvalue weighted by Gasteiger charge is 2.13. The minimum Gasteiger partial charge on any atom is -0.426 e. The van der Waals surface area contributed by atoms with Gasteiger partial charge in [-0.25, -0.2) is 4.79 Å². The Labute approximate surface area is 128 Å². The number of carbonyl (C=O) groups is 2. The second-order valence-electron chi connectivity index (χ2n) is 4.54. The number of hydrogen-bond acceptors (Lipinski definition) is 5. The molecule has 0 atom stereocenters. The molecule has 2 aromatic carbocycles. The Hall–Kier alpha value is -2.66. The summed E-state index contributed by atoms with van der Waals surface area (Å²) in [5.41, 5.74) is 1.43. The van der Waals surface area contributed by atoms with Crippen molar-refractivity contribution in [2.45, 2.75) is 12.8 Å². The van der Waals surface area contributed by atoms with Gasteiger partial charge in [0.05, 0.1) is 20.0 Å². The van der Waals surface area contributed by atoms with Crippen LogP contribution in [0, 0.1) is 0 Å². The van der Waals surface area contributed by atoms with Crippen LogP contribution >= 0.6 is 0 Å². The molecule has 0 spiro atoms. The summed E-state index contributed by atoms with van der Waals surface area (Å²) in [6.07, 6.45) is 0.125. The summed E-state index contributed by atoms with van der Waals surface area (Å²) >= 11 is 0. The van der Waals surface area contributed by atoms with Crippen LogP contribution in [0.15, 0.2) is 54.6 Å². The highest BCUT2D eigenvalue weighted by atomic mass is 17.2. The number of para-hydroxylation sites is 1. The molecule has 0 radical (unpaired) electrons. The molecule has 0 aromatic heterocycles. The van der Waals surface area contributed by atoms with E-state index in [2.05, 4.69) is 9.78 Å². The quantitative estimate of drug-likeness (QED) is 0.355. The molecule has 2 rings (SSSR count). The fourth-order valence-electron chi connectivity index (χ4n) is 1.95. The van der Waals surface area contributed by atoms with Gasteiger partial charge in [0.25, 0.3) is 0 Å². The predicted octanol–water partition coefficient (Wildman–Crippen LogP) is 2.48. The van der Waals surface area contributed by atoms with Crippen molar-refractivity contribution in [3.63, 3.8) is 0 Å². The van der Waals surface area contributed by atoms with E-state index in [0.717, 1.165) is 5.56 Å². The van der Waals surface area contributed by atoms with E-state index in [-0.39, 0.29) is 12.8 Å². The van der Waals surface area contributed by atoms with E-state index in [1.54, 1.807) is 24.3 Å². The van der Waals surface area contributed by atoms with Gasteiger partial charge in [-0.3, -0.25) is 9.68 Å². The molecule has 0 aliphatic carbocycles. The molecular weight excluding hydrogens is 284 g/mol. The summed E-state index contributed by atoms with van der Waals surface area (Å²) in [5.74, 6) is -0.607. The highest BCUT2D eigenvalue weighted by Crippen LogP contribution is 2.19. The van der Waals surface area contributed by atoms with E-state index in [1.165, 1.54) is 7.11 Å². The molecule has 0 amide bonds. The molecule has 0 bridgehead atoms. The van der Waals surface area contributed by atoms with Crippen molar-refractivity contribution in [1.82, 2.24) is 0 Å². The van der Waals surface area contributed by atoms with Gasteiger partial charge in [0, 0.05) is 5.56 Å². The summed E-state index contributed by atoms with van der Waals surface area (Å²) in [6.45, 7) is 0. The maximum absolute atomic E-state index is 12.0. The molecule has 0 aliphatic rings. The average molecular weight is 300 g/mol. The first-order valence-electron chi connectivity index (χ1n) is 6.75. The van der Waals surface area contributed by atoms with Crippen molar-refractivity contribution >= 4 is 11.9 Å². The van der Waals surface area contributed by atoms with Gasteiger partial charge >= 0.3 is 11.9 Å². The van der Waals surface area contributed by atoms with Gasteiger partial charge in [-0.15, -0.1) is 0 Å². The van der Waals surface area contributed by atoms with Crippen LogP contribution in [0.3, 0.4) is 0 Å². The van der Waals surface area contributed by atoms with Crippen LogP contribution in [0.5, 0.6) is 5.75 Å². The van der Waals surface area contributed by atoms with Crippen LogP contribution in [-0.4, -0.2) is 19.0 Å². The van der Waals surface area contributed by atoms with Crippen LogP contribution < -0.4 is 4.74 Å². The monoisotopic (exact) mass is 300 g/mol. The largest absolute Gasteiger partial charge is 0.426 e. The number of esters is 1. The lowest BCUT2D eigenvalue weighted by atomic mass is 10.1. The zero-order valence-electron chi connectivity index (χ0n) is 12.2. The van der Waals surface area contributed by atoms with Crippen LogP contribution in [0.25, 0.3) is 0 Å². The van der Waals surface area contributed by atoms with Crippen molar-refractivity contribution in [3.05, 3.63) is 65.7 Å². The first-order valence-corrected chi connectivity index (χ1v) is 6.75. The Morgan fingerprint density at radius 1 is 0.864 bits per heavy atom. The lowest BCUT2D eigenvalue weighted by Crippen LogP contribution is -2.14. The molecule has 5 nitrogen and oxygen atoms in total. The fourth-order valence-corrected chi connectivity index (χ4v) is 1.95. The first-order chi connectivity index (χ1) is 10.7. The van der Waals surface area contributed by atoms with E-state index < -0.39 is 11.9 Å². The third kappa shape index (κ3) is 4.71. The van der Waals surface area contributed by atoms with E-state index >= 15 is 0 Å². The third-order valence-corrected chi connectivity index (χ3v) is 2.90. The number of ether oxygens (including phenoxy) is 1. The van der Waals surface area contributed by atoms with Gasteiger partial charge in [-0.05, 0) is 11.6 Å². The normalized spacial score (nSPS) is 10.0. The second kappa shape index (κ2) is 7.95. The van der Waals surface area contributed by atoms with E-state index in [4.69, 9.17) is 4.74 Å². The Kier molecular flexibility index (Phi) is 5.68. The van der Waals surface area contributed by atoms with E-state index in [1.807, 2.05) is 30.3 Å². The van der Waals surface area contributed by atoms with E-state index in [0.29, 0.717) is 11.3 Å². The Morgan fingerprint density at radius 2 is 1.55 bits per heavy atom. The summed E-state index contributed by atoms with van der Waals surface area (Å²) in [7, 11) is 1.25. The van der Waals surface area contributed by atoms with Crippen molar-refractivity contribution in [2.75, 3.05) is 7.11 Å². The highest BCUT2D eigenvalue weighted by molar-refractivity contribution is 5.77. The molecule has 22 heavy (non-hydrogen) atoms. The van der Waals surface area contributed by atoms with Crippen LogP contribution in [0.4, 0.5) is 0 Å². The first kappa shape index (κ1) is 15.7. The van der Waals surface area contributed by atoms with Gasteiger partial charge in [0.15, 0.2) is 0 Å². The zero-order valence-corrected chi connectivity index (χ0v) is 12.2. The van der Waals surface area contributed by atoms with Gasteiger partial charge in [0.2, 0.25) is 0 Å². The molecule has 0 saturated heterocycles. The molecule has 0 unspecified atom stereocenters. The lowest BCUT2D eigenvalue weighted by molar-refractivity contribution is -0.254. The van der Waals surface area contributed by atoms with Gasteiger partial charge in [-0.2, -0.15) is 4.89 Å². The summed E-state index contributed by atoms with van der Waals surface area (Å²) < 4.78 is 5.34. The SMILES string of the molecule is COOC(=O)Cc1ccccc1OC(=O)Cc1ccccc1. The summed E-state index contributed by atoms with van der Waals surface area (Å²) in [6, 6.07) is 16.1. The molecule has 0 N–H and O–H groups in total. The van der Waals surface area contributed by atoms with E-state index in [9.17, 15) is 9.59 Å². The number of hydrogen-bond donors (Lipinski definition) is 0.